The molecular weight excluding hydrogens is 262 g/mol. The van der Waals surface area contributed by atoms with E-state index < -0.39 is 6.04 Å². The number of rotatable bonds is 10. The van der Waals surface area contributed by atoms with Crippen LogP contribution >= 0.6 is 0 Å². The molecule has 20 heavy (non-hydrogen) atoms. The lowest BCUT2D eigenvalue weighted by atomic mass is 10.0. The van der Waals surface area contributed by atoms with Gasteiger partial charge >= 0.3 is 0 Å². The number of carbonyl (C=O) groups excluding carboxylic acids is 3. The Morgan fingerprint density at radius 3 is 2.45 bits per heavy atom. The SMILES string of the molecule is CC(CN=N)NCC(=O)N[C@H](C(=O)NCC=O)C(C)C. The molecule has 8 heteroatoms. The van der Waals surface area contributed by atoms with Gasteiger partial charge in [0.05, 0.1) is 19.6 Å². The van der Waals surface area contributed by atoms with Crippen LogP contribution in [0.3, 0.4) is 0 Å². The largest absolute Gasteiger partial charge is 0.348 e. The first kappa shape index (κ1) is 18.2. The second-order valence-electron chi connectivity index (χ2n) is 4.82. The zero-order valence-electron chi connectivity index (χ0n) is 12.1. The van der Waals surface area contributed by atoms with E-state index in [1.807, 2.05) is 6.92 Å². The standard InChI is InChI=1S/C12H23N5O3/c1-8(2)11(12(20)14-4-5-18)17-10(19)7-15-9(3)6-16-13/h5,8-9,11,13,15H,4,6-7H2,1-3H3,(H,14,20)(H,17,19)/t9?,11-/m0/s1. The van der Waals surface area contributed by atoms with E-state index >= 15 is 0 Å². The number of amides is 2. The first-order chi connectivity index (χ1) is 9.42. The van der Waals surface area contributed by atoms with Crippen molar-refractivity contribution in [1.82, 2.24) is 16.0 Å². The maximum absolute atomic E-state index is 11.8. The van der Waals surface area contributed by atoms with Crippen molar-refractivity contribution in [3.63, 3.8) is 0 Å². The first-order valence-corrected chi connectivity index (χ1v) is 6.49. The normalized spacial score (nSPS) is 13.4. The predicted octanol–water partition coefficient (Wildman–Crippen LogP) is -0.549. The van der Waals surface area contributed by atoms with Crippen LogP contribution in [0.5, 0.6) is 0 Å². The van der Waals surface area contributed by atoms with E-state index in [4.69, 9.17) is 5.53 Å². The molecule has 0 aliphatic heterocycles. The molecule has 0 aromatic carbocycles. The molecule has 0 spiro atoms. The molecule has 0 rings (SSSR count). The van der Waals surface area contributed by atoms with Crippen LogP contribution in [0.25, 0.3) is 0 Å². The number of nitrogens with zero attached hydrogens (tertiary/aromatic N) is 1. The minimum Gasteiger partial charge on any atom is -0.348 e. The summed E-state index contributed by atoms with van der Waals surface area (Å²) in [5.41, 5.74) is 6.71. The Kier molecular flexibility index (Phi) is 9.10. The molecule has 1 unspecified atom stereocenters. The zero-order valence-corrected chi connectivity index (χ0v) is 12.1. The fourth-order valence-electron chi connectivity index (χ4n) is 1.48. The van der Waals surface area contributed by atoms with Crippen LogP contribution in [0.15, 0.2) is 5.11 Å². The Bertz CT molecular complexity index is 346. The molecular formula is C12H23N5O3. The lowest BCUT2D eigenvalue weighted by Crippen LogP contribution is -2.52. The number of nitrogens with one attached hydrogen (secondary N) is 4. The Labute approximate surface area is 118 Å². The van der Waals surface area contributed by atoms with E-state index in [0.717, 1.165) is 0 Å². The summed E-state index contributed by atoms with van der Waals surface area (Å²) in [4.78, 5) is 33.7. The summed E-state index contributed by atoms with van der Waals surface area (Å²) in [6.07, 6.45) is 0.588. The van der Waals surface area contributed by atoms with Crippen LogP contribution in [-0.4, -0.2) is 49.8 Å². The quantitative estimate of drug-likeness (QED) is 0.317. The van der Waals surface area contributed by atoms with Crippen molar-refractivity contribution in [2.45, 2.75) is 32.9 Å². The molecule has 0 radical (unpaired) electrons. The van der Waals surface area contributed by atoms with Crippen LogP contribution in [0.2, 0.25) is 0 Å². The highest BCUT2D eigenvalue weighted by Crippen LogP contribution is 2.01. The van der Waals surface area contributed by atoms with Crippen LogP contribution in [0.4, 0.5) is 0 Å². The van der Waals surface area contributed by atoms with Gasteiger partial charge in [-0.05, 0) is 12.8 Å². The molecule has 0 aliphatic carbocycles. The van der Waals surface area contributed by atoms with E-state index in [0.29, 0.717) is 12.8 Å². The van der Waals surface area contributed by atoms with Crippen molar-refractivity contribution in [2.75, 3.05) is 19.6 Å². The smallest absolute Gasteiger partial charge is 0.243 e. The Morgan fingerprint density at radius 1 is 1.30 bits per heavy atom. The van der Waals surface area contributed by atoms with Crippen molar-refractivity contribution in [3.05, 3.63) is 0 Å². The molecule has 114 valence electrons. The van der Waals surface area contributed by atoms with Crippen molar-refractivity contribution in [2.24, 2.45) is 11.0 Å². The summed E-state index contributed by atoms with van der Waals surface area (Å²) < 4.78 is 0. The van der Waals surface area contributed by atoms with Gasteiger partial charge in [0, 0.05) is 6.04 Å². The molecule has 8 nitrogen and oxygen atoms in total. The van der Waals surface area contributed by atoms with Gasteiger partial charge in [0.25, 0.3) is 0 Å². The fraction of sp³-hybridized carbons (Fsp3) is 0.750. The Hall–Kier alpha value is -1.83. The number of hydrogen-bond donors (Lipinski definition) is 4. The lowest BCUT2D eigenvalue weighted by Gasteiger charge is -2.21. The maximum atomic E-state index is 11.8. The van der Waals surface area contributed by atoms with Gasteiger partial charge in [0.2, 0.25) is 11.8 Å². The first-order valence-electron chi connectivity index (χ1n) is 6.49. The Morgan fingerprint density at radius 2 is 1.95 bits per heavy atom. The van der Waals surface area contributed by atoms with Crippen molar-refractivity contribution in [3.8, 4) is 0 Å². The van der Waals surface area contributed by atoms with E-state index in [1.54, 1.807) is 13.8 Å². The Balaban J connectivity index is 4.30. The molecule has 0 aliphatic rings. The highest BCUT2D eigenvalue weighted by atomic mass is 16.2. The van der Waals surface area contributed by atoms with E-state index in [2.05, 4.69) is 21.1 Å². The average Bonchev–Trinajstić information content (AvgIpc) is 2.39. The third-order valence-corrected chi connectivity index (χ3v) is 2.60. The van der Waals surface area contributed by atoms with Crippen molar-refractivity contribution < 1.29 is 14.4 Å². The molecule has 0 aromatic rings. The van der Waals surface area contributed by atoms with E-state index in [-0.39, 0.29) is 36.9 Å². The van der Waals surface area contributed by atoms with Gasteiger partial charge in [-0.25, -0.2) is 5.53 Å². The molecule has 2 amide bonds. The average molecular weight is 285 g/mol. The van der Waals surface area contributed by atoms with Gasteiger partial charge in [-0.15, -0.1) is 0 Å². The summed E-state index contributed by atoms with van der Waals surface area (Å²) in [7, 11) is 0. The van der Waals surface area contributed by atoms with Crippen LogP contribution < -0.4 is 16.0 Å². The molecule has 0 heterocycles. The number of carbonyl (C=O) groups is 3. The summed E-state index contributed by atoms with van der Waals surface area (Å²) in [6.45, 7) is 5.68. The third kappa shape index (κ3) is 7.57. The second kappa shape index (κ2) is 10.0. The van der Waals surface area contributed by atoms with Crippen LogP contribution in [0, 0.1) is 11.4 Å². The summed E-state index contributed by atoms with van der Waals surface area (Å²) in [5.74, 6) is -0.789. The molecule has 0 fully saturated rings. The molecule has 0 bridgehead atoms. The number of aldehydes is 1. The van der Waals surface area contributed by atoms with E-state index in [1.165, 1.54) is 0 Å². The molecule has 0 saturated heterocycles. The van der Waals surface area contributed by atoms with Gasteiger partial charge in [0.15, 0.2) is 0 Å². The summed E-state index contributed by atoms with van der Waals surface area (Å²) in [5, 5.41) is 11.2. The zero-order chi connectivity index (χ0) is 15.5. The van der Waals surface area contributed by atoms with Gasteiger partial charge < -0.3 is 20.7 Å². The predicted molar refractivity (Wildman–Crippen MR) is 73.3 cm³/mol. The highest BCUT2D eigenvalue weighted by Gasteiger charge is 2.23. The van der Waals surface area contributed by atoms with Crippen LogP contribution in [-0.2, 0) is 14.4 Å². The van der Waals surface area contributed by atoms with Gasteiger partial charge in [-0.1, -0.05) is 13.8 Å². The van der Waals surface area contributed by atoms with Crippen LogP contribution in [0.1, 0.15) is 20.8 Å². The second-order valence-corrected chi connectivity index (χ2v) is 4.82. The van der Waals surface area contributed by atoms with Gasteiger partial charge in [0.1, 0.15) is 12.3 Å². The summed E-state index contributed by atoms with van der Waals surface area (Å²) >= 11 is 0. The fourth-order valence-corrected chi connectivity index (χ4v) is 1.48. The van der Waals surface area contributed by atoms with Gasteiger partial charge in [-0.2, -0.15) is 5.11 Å². The third-order valence-electron chi connectivity index (χ3n) is 2.60. The minimum atomic E-state index is -0.680. The lowest BCUT2D eigenvalue weighted by molar-refractivity contribution is -0.130. The molecule has 4 N–H and O–H groups in total. The number of hydrogen-bond acceptors (Lipinski definition) is 6. The maximum Gasteiger partial charge on any atom is 0.243 e. The topological polar surface area (TPSA) is 124 Å². The molecule has 0 aromatic heterocycles. The molecule has 0 saturated carbocycles. The van der Waals surface area contributed by atoms with E-state index in [9.17, 15) is 14.4 Å². The summed E-state index contributed by atoms with van der Waals surface area (Å²) in [6, 6.07) is -0.764. The molecule has 2 atom stereocenters. The minimum absolute atomic E-state index is 0.0425. The monoisotopic (exact) mass is 285 g/mol. The highest BCUT2D eigenvalue weighted by molar-refractivity contribution is 5.89. The van der Waals surface area contributed by atoms with Crippen molar-refractivity contribution in [1.29, 1.82) is 5.53 Å². The van der Waals surface area contributed by atoms with Crippen molar-refractivity contribution >= 4 is 18.1 Å². The van der Waals surface area contributed by atoms with Gasteiger partial charge in [-0.3, -0.25) is 9.59 Å².